The van der Waals surface area contributed by atoms with E-state index in [1.807, 2.05) is 0 Å². The summed E-state index contributed by atoms with van der Waals surface area (Å²) < 4.78 is 0.860. The number of quaternary nitrogens is 1. The number of hydrogen-bond acceptors (Lipinski definition) is 2. The van der Waals surface area contributed by atoms with Crippen molar-refractivity contribution >= 4 is 5.97 Å². The van der Waals surface area contributed by atoms with E-state index in [1.165, 1.54) is 0 Å². The molecule has 0 aliphatic rings. The molecule has 0 aromatic heterocycles. The summed E-state index contributed by atoms with van der Waals surface area (Å²) in [5, 5.41) is 19.2. The van der Waals surface area contributed by atoms with Crippen LogP contribution >= 0.6 is 0 Å². The minimum absolute atomic E-state index is 0.225. The maximum Gasteiger partial charge on any atom is 0.303 e. The molecule has 130 valence electrons. The van der Waals surface area contributed by atoms with Crippen LogP contribution in [0.3, 0.4) is 0 Å². The van der Waals surface area contributed by atoms with Gasteiger partial charge in [-0.1, -0.05) is 32.9 Å². The molecule has 4 nitrogen and oxygen atoms in total. The molecule has 0 aliphatic heterocycles. The van der Waals surface area contributed by atoms with Crippen LogP contribution < -0.4 is 0 Å². The van der Waals surface area contributed by atoms with Crippen molar-refractivity contribution in [2.45, 2.75) is 71.8 Å². The van der Waals surface area contributed by atoms with Crippen molar-refractivity contribution in [1.29, 1.82) is 0 Å². The van der Waals surface area contributed by atoms with Gasteiger partial charge in [0.1, 0.15) is 12.6 Å². The van der Waals surface area contributed by atoms with Gasteiger partial charge in [-0.15, -0.1) is 0 Å². The fraction of sp³-hybridized carbons (Fsp3) is 0.833. The number of rotatable bonds is 14. The predicted molar refractivity (Wildman–Crippen MR) is 91.9 cm³/mol. The third-order valence-electron chi connectivity index (χ3n) is 4.09. The summed E-state index contributed by atoms with van der Waals surface area (Å²) in [7, 11) is 0. The fourth-order valence-electron chi connectivity index (χ4n) is 3.24. The lowest BCUT2D eigenvalue weighted by Crippen LogP contribution is -2.53. The van der Waals surface area contributed by atoms with E-state index in [2.05, 4.69) is 32.9 Å². The molecule has 0 heterocycles. The lowest BCUT2D eigenvalue weighted by atomic mass is 10.1. The lowest BCUT2D eigenvalue weighted by Gasteiger charge is -2.40. The molecule has 22 heavy (non-hydrogen) atoms. The van der Waals surface area contributed by atoms with E-state index in [0.717, 1.165) is 62.8 Å². The summed E-state index contributed by atoms with van der Waals surface area (Å²) in [5.41, 5.74) is 0. The largest absolute Gasteiger partial charge is 0.481 e. The summed E-state index contributed by atoms with van der Waals surface area (Å²) >= 11 is 0. The summed E-state index contributed by atoms with van der Waals surface area (Å²) in [6, 6.07) is 0. The van der Waals surface area contributed by atoms with Crippen LogP contribution in [0.5, 0.6) is 0 Å². The Balaban J connectivity index is 4.58. The van der Waals surface area contributed by atoms with Crippen LogP contribution in [0.4, 0.5) is 0 Å². The van der Waals surface area contributed by atoms with Gasteiger partial charge in [0.05, 0.1) is 26.1 Å². The van der Waals surface area contributed by atoms with E-state index in [-0.39, 0.29) is 12.5 Å². The van der Waals surface area contributed by atoms with Crippen molar-refractivity contribution in [2.75, 3.05) is 26.2 Å². The van der Waals surface area contributed by atoms with Gasteiger partial charge < -0.3 is 14.7 Å². The van der Waals surface area contributed by atoms with E-state index in [4.69, 9.17) is 5.11 Å². The Morgan fingerprint density at radius 2 is 1.73 bits per heavy atom. The number of aliphatic hydroxyl groups is 1. The Bertz CT molecular complexity index is 309. The number of aliphatic hydroxyl groups excluding tert-OH is 1. The Morgan fingerprint density at radius 3 is 2.23 bits per heavy atom. The Labute approximate surface area is 136 Å². The highest BCUT2D eigenvalue weighted by atomic mass is 16.4. The van der Waals surface area contributed by atoms with Crippen LogP contribution in [0, 0.1) is 0 Å². The van der Waals surface area contributed by atoms with E-state index < -0.39 is 5.97 Å². The minimum atomic E-state index is -0.726. The van der Waals surface area contributed by atoms with Crippen LogP contribution in [-0.4, -0.2) is 52.9 Å². The van der Waals surface area contributed by atoms with Crippen LogP contribution in [0.2, 0.25) is 0 Å². The normalized spacial score (nSPS) is 13.6. The smallest absolute Gasteiger partial charge is 0.303 e. The van der Waals surface area contributed by atoms with Crippen molar-refractivity contribution in [3.05, 3.63) is 12.2 Å². The molecular formula is C18H36NO3+. The quantitative estimate of drug-likeness (QED) is 0.380. The van der Waals surface area contributed by atoms with Gasteiger partial charge in [-0.05, 0) is 32.1 Å². The molecule has 0 aliphatic carbocycles. The Hall–Kier alpha value is -0.870. The predicted octanol–water partition coefficient (Wildman–Crippen LogP) is 3.60. The third-order valence-corrected chi connectivity index (χ3v) is 4.09. The van der Waals surface area contributed by atoms with E-state index >= 15 is 0 Å². The van der Waals surface area contributed by atoms with Crippen molar-refractivity contribution in [3.8, 4) is 0 Å². The molecule has 0 bridgehead atoms. The summed E-state index contributed by atoms with van der Waals surface area (Å²) in [6.45, 7) is 10.1. The molecule has 0 fully saturated rings. The minimum Gasteiger partial charge on any atom is -0.481 e. The molecule has 0 amide bonds. The monoisotopic (exact) mass is 314 g/mol. The van der Waals surface area contributed by atoms with E-state index in [0.29, 0.717) is 6.42 Å². The van der Waals surface area contributed by atoms with Crippen LogP contribution in [0.15, 0.2) is 12.2 Å². The third kappa shape index (κ3) is 9.96. The highest BCUT2D eigenvalue weighted by Crippen LogP contribution is 2.16. The second kappa shape index (κ2) is 12.7. The van der Waals surface area contributed by atoms with Gasteiger partial charge in [-0.3, -0.25) is 4.79 Å². The van der Waals surface area contributed by atoms with Crippen molar-refractivity contribution in [3.63, 3.8) is 0 Å². The topological polar surface area (TPSA) is 57.5 Å². The average molecular weight is 314 g/mol. The first-order chi connectivity index (χ1) is 10.5. The van der Waals surface area contributed by atoms with Gasteiger partial charge in [-0.2, -0.15) is 0 Å². The van der Waals surface area contributed by atoms with Crippen molar-refractivity contribution in [1.82, 2.24) is 0 Å². The zero-order valence-electron chi connectivity index (χ0n) is 14.8. The molecule has 0 saturated carbocycles. The number of nitrogens with zero attached hydrogens (tertiary/aromatic N) is 1. The van der Waals surface area contributed by atoms with Crippen LogP contribution in [0.25, 0.3) is 0 Å². The second-order valence-electron chi connectivity index (χ2n) is 6.30. The summed E-state index contributed by atoms with van der Waals surface area (Å²) in [4.78, 5) is 10.8. The molecule has 0 saturated heterocycles. The van der Waals surface area contributed by atoms with E-state index in [9.17, 15) is 9.90 Å². The number of aliphatic carboxylic acids is 1. The van der Waals surface area contributed by atoms with Gasteiger partial charge in [0, 0.05) is 6.42 Å². The van der Waals surface area contributed by atoms with Gasteiger partial charge >= 0.3 is 5.97 Å². The first-order valence-electron chi connectivity index (χ1n) is 8.89. The summed E-state index contributed by atoms with van der Waals surface area (Å²) in [6.07, 6.45) is 9.78. The second-order valence-corrected chi connectivity index (χ2v) is 6.30. The first kappa shape index (κ1) is 21.1. The highest BCUT2D eigenvalue weighted by molar-refractivity contribution is 5.66. The number of carboxylic acid groups (broad SMARTS) is 1. The number of hydrogen-bond donors (Lipinski definition) is 2. The zero-order chi connectivity index (χ0) is 16.8. The standard InChI is InChI=1S/C18H35NO3/c1-4-7-8-9-11-17(20)16-19(13-5-2,14-6-3)15-10-12-18(21)22/h7-8,17,20H,4-6,9-16H2,1-3H3/p+1/b8-7+. The van der Waals surface area contributed by atoms with Gasteiger partial charge in [0.2, 0.25) is 0 Å². The lowest BCUT2D eigenvalue weighted by molar-refractivity contribution is -0.931. The van der Waals surface area contributed by atoms with Gasteiger partial charge in [-0.25, -0.2) is 0 Å². The number of carbonyl (C=O) groups is 1. The molecule has 1 unspecified atom stereocenters. The molecule has 0 radical (unpaired) electrons. The van der Waals surface area contributed by atoms with Gasteiger partial charge in [0.25, 0.3) is 0 Å². The van der Waals surface area contributed by atoms with Crippen LogP contribution in [-0.2, 0) is 4.79 Å². The molecule has 0 aromatic rings. The highest BCUT2D eigenvalue weighted by Gasteiger charge is 2.28. The molecule has 1 atom stereocenters. The molecule has 0 aromatic carbocycles. The number of allylic oxidation sites excluding steroid dienone is 2. The number of carboxylic acids is 1. The molecule has 4 heteroatoms. The molecule has 0 rings (SSSR count). The Morgan fingerprint density at radius 1 is 1.09 bits per heavy atom. The maximum atomic E-state index is 10.8. The van der Waals surface area contributed by atoms with E-state index in [1.54, 1.807) is 0 Å². The molecular weight excluding hydrogens is 278 g/mol. The molecule has 0 spiro atoms. The average Bonchev–Trinajstić information content (AvgIpc) is 2.44. The zero-order valence-corrected chi connectivity index (χ0v) is 14.8. The van der Waals surface area contributed by atoms with Crippen molar-refractivity contribution in [2.24, 2.45) is 0 Å². The van der Waals surface area contributed by atoms with Crippen molar-refractivity contribution < 1.29 is 19.5 Å². The molecule has 2 N–H and O–H groups in total. The SMILES string of the molecule is CC/C=C/CCC(O)C[N+](CCC)(CCC)CCCC(=O)O. The first-order valence-corrected chi connectivity index (χ1v) is 8.89. The Kier molecular flexibility index (Phi) is 12.2. The fourth-order valence-corrected chi connectivity index (χ4v) is 3.24. The van der Waals surface area contributed by atoms with Crippen LogP contribution in [0.1, 0.15) is 65.7 Å². The van der Waals surface area contributed by atoms with Gasteiger partial charge in [0.15, 0.2) is 0 Å². The summed E-state index contributed by atoms with van der Waals surface area (Å²) in [5.74, 6) is -0.726. The maximum absolute atomic E-state index is 10.8.